The van der Waals surface area contributed by atoms with Crippen molar-refractivity contribution in [2.24, 2.45) is 0 Å². The fraction of sp³-hybridized carbons (Fsp3) is 0.571. The normalized spacial score (nSPS) is 24.1. The highest BCUT2D eigenvalue weighted by Gasteiger charge is 2.53. The number of nitrogens with one attached hydrogen (secondary N) is 1. The molecule has 0 spiro atoms. The van der Waals surface area contributed by atoms with E-state index in [9.17, 15) is 18.8 Å². The van der Waals surface area contributed by atoms with E-state index in [2.05, 4.69) is 20.1 Å². The van der Waals surface area contributed by atoms with Crippen molar-refractivity contribution in [2.45, 2.75) is 56.4 Å². The van der Waals surface area contributed by atoms with Crippen molar-refractivity contribution < 1.29 is 27.9 Å². The zero-order valence-electron chi connectivity index (χ0n) is 23.5. The minimum atomic E-state index is -1.79. The van der Waals surface area contributed by atoms with Crippen molar-refractivity contribution in [3.05, 3.63) is 34.5 Å². The number of likely N-dealkylation sites (tertiary alicyclic amines) is 1. The second-order valence-corrected chi connectivity index (χ2v) is 13.1. The second kappa shape index (κ2) is 11.5. The summed E-state index contributed by atoms with van der Waals surface area (Å²) in [7, 11) is 2.05. The predicted molar refractivity (Wildman–Crippen MR) is 153 cm³/mol. The number of aryl methyl sites for hydroxylation is 1. The molecule has 4 atom stereocenters. The van der Waals surface area contributed by atoms with E-state index >= 15 is 4.39 Å². The summed E-state index contributed by atoms with van der Waals surface area (Å²) in [6.45, 7) is 7.58. The molecule has 2 aromatic rings. The number of amides is 2. The number of likely N-dealkylation sites (N-methyl/N-ethyl adjacent to an activating group) is 1. The van der Waals surface area contributed by atoms with E-state index in [0.717, 1.165) is 37.5 Å². The van der Waals surface area contributed by atoms with E-state index < -0.39 is 46.2 Å². The summed E-state index contributed by atoms with van der Waals surface area (Å²) in [5, 5.41) is 2.30. The molecule has 0 radical (unpaired) electrons. The van der Waals surface area contributed by atoms with Crippen LogP contribution >= 0.6 is 22.9 Å². The van der Waals surface area contributed by atoms with Gasteiger partial charge in [-0.25, -0.2) is 9.37 Å². The molecule has 1 aromatic heterocycles. The van der Waals surface area contributed by atoms with Crippen LogP contribution in [-0.4, -0.2) is 108 Å². The maximum absolute atomic E-state index is 15.0. The van der Waals surface area contributed by atoms with Crippen LogP contribution in [0.15, 0.2) is 18.2 Å². The van der Waals surface area contributed by atoms with Gasteiger partial charge in [0.05, 0.1) is 5.38 Å². The Bertz CT molecular complexity index is 1340. The van der Waals surface area contributed by atoms with Gasteiger partial charge in [0.15, 0.2) is 10.9 Å². The fourth-order valence-electron chi connectivity index (χ4n) is 5.61. The molecule has 1 N–H and O–H groups in total. The lowest BCUT2D eigenvalue weighted by atomic mass is 9.98. The number of fused-ring (bicyclic) bond motifs is 1. The Kier molecular flexibility index (Phi) is 8.39. The summed E-state index contributed by atoms with van der Waals surface area (Å²) in [4.78, 5) is 49.4. The predicted octanol–water partition coefficient (Wildman–Crippen LogP) is 3.03. The average molecular weight is 610 g/mol. The first-order chi connectivity index (χ1) is 19.3. The lowest BCUT2D eigenvalue weighted by Crippen LogP contribution is -2.53. The molecule has 2 amide bonds. The molecule has 0 aliphatic carbocycles. The highest BCUT2D eigenvalue weighted by Crippen LogP contribution is 2.35. The van der Waals surface area contributed by atoms with Crippen molar-refractivity contribution >= 4 is 45.7 Å². The first-order valence-corrected chi connectivity index (χ1v) is 14.9. The van der Waals surface area contributed by atoms with E-state index in [4.69, 9.17) is 16.3 Å². The number of thiazole rings is 1. The van der Waals surface area contributed by atoms with E-state index in [1.807, 2.05) is 7.05 Å². The quantitative estimate of drug-likeness (QED) is 0.482. The van der Waals surface area contributed by atoms with Gasteiger partial charge in [-0.1, -0.05) is 17.4 Å². The van der Waals surface area contributed by atoms with Gasteiger partial charge in [0.25, 0.3) is 5.91 Å². The van der Waals surface area contributed by atoms with Gasteiger partial charge in [-0.05, 0) is 45.5 Å². The second-order valence-electron chi connectivity index (χ2n) is 11.6. The molecule has 3 saturated heterocycles. The highest BCUT2D eigenvalue weighted by atomic mass is 35.5. The average Bonchev–Trinajstić information content (AvgIpc) is 3.58. The number of hydrogen-bond donors (Lipinski definition) is 1. The number of ether oxygens (including phenoxy) is 1. The van der Waals surface area contributed by atoms with Crippen LogP contribution in [0.25, 0.3) is 11.3 Å². The van der Waals surface area contributed by atoms with Crippen LogP contribution in [-0.2, 0) is 14.3 Å². The molecule has 0 bridgehead atoms. The number of anilines is 1. The molecule has 0 saturated carbocycles. The molecule has 3 aliphatic heterocycles. The summed E-state index contributed by atoms with van der Waals surface area (Å²) in [5.41, 5.74) is -0.147. The third-order valence-corrected chi connectivity index (χ3v) is 9.08. The van der Waals surface area contributed by atoms with E-state index in [1.54, 1.807) is 19.1 Å². The Balaban J connectivity index is 1.33. The Hall–Kier alpha value is -2.67. The van der Waals surface area contributed by atoms with Crippen LogP contribution in [0.4, 0.5) is 13.9 Å². The number of Topliss-reactive ketones (excluding diaryl/α,β-unsaturated/α-hetero) is 1. The van der Waals surface area contributed by atoms with Crippen LogP contribution < -0.4 is 10.2 Å². The van der Waals surface area contributed by atoms with Crippen LogP contribution in [0.1, 0.15) is 36.2 Å². The van der Waals surface area contributed by atoms with Gasteiger partial charge in [-0.2, -0.15) is 4.39 Å². The summed E-state index contributed by atoms with van der Waals surface area (Å²) >= 11 is 7.34. The maximum Gasteiger partial charge on any atom is 0.251 e. The largest absolute Gasteiger partial charge is 0.366 e. The lowest BCUT2D eigenvalue weighted by Gasteiger charge is -2.31. The molecule has 13 heteroatoms. The number of ketones is 1. The number of carbonyl (C=O) groups excluding carboxylic acids is 3. The SMILES string of the molecule is Cc1cc(C(=O)NC(CC(C)(C)F)C(=O)N2CC(Cl)C3OCC(=O)C32)ccc1-c1nc(N2CCN(C)CC2)sc1F. The van der Waals surface area contributed by atoms with Gasteiger partial charge in [0.2, 0.25) is 11.0 Å². The minimum absolute atomic E-state index is 0.0592. The molecule has 4 heterocycles. The van der Waals surface area contributed by atoms with Crippen LogP contribution in [0.5, 0.6) is 0 Å². The van der Waals surface area contributed by atoms with Crippen LogP contribution in [0.3, 0.4) is 0 Å². The molecule has 222 valence electrons. The Morgan fingerprint density at radius 1 is 1.27 bits per heavy atom. The number of aromatic nitrogens is 1. The number of hydrogen-bond acceptors (Lipinski definition) is 8. The summed E-state index contributed by atoms with van der Waals surface area (Å²) in [5.74, 6) is -1.45. The van der Waals surface area contributed by atoms with E-state index in [0.29, 0.717) is 16.3 Å². The van der Waals surface area contributed by atoms with Crippen LogP contribution in [0.2, 0.25) is 0 Å². The molecule has 1 aromatic carbocycles. The molecule has 9 nitrogen and oxygen atoms in total. The maximum atomic E-state index is 15.0. The summed E-state index contributed by atoms with van der Waals surface area (Å²) < 4.78 is 35.2. The lowest BCUT2D eigenvalue weighted by molar-refractivity contribution is -0.138. The van der Waals surface area contributed by atoms with Gasteiger partial charge < -0.3 is 24.8 Å². The molecular formula is C28H34ClF2N5O4S. The van der Waals surface area contributed by atoms with E-state index in [1.165, 1.54) is 24.8 Å². The van der Waals surface area contributed by atoms with Gasteiger partial charge in [0.1, 0.15) is 36.2 Å². The molecule has 3 fully saturated rings. The number of piperazine rings is 1. The summed E-state index contributed by atoms with van der Waals surface area (Å²) in [6.07, 6.45) is -0.926. The number of nitrogens with zero attached hydrogens (tertiary/aromatic N) is 4. The number of rotatable bonds is 7. The molecule has 4 unspecified atom stereocenters. The third kappa shape index (κ3) is 6.25. The number of carbonyl (C=O) groups is 3. The van der Waals surface area contributed by atoms with E-state index in [-0.39, 0.29) is 36.6 Å². The Morgan fingerprint density at radius 2 is 1.98 bits per heavy atom. The van der Waals surface area contributed by atoms with Gasteiger partial charge in [-0.15, -0.1) is 11.6 Å². The first kappa shape index (κ1) is 29.8. The topological polar surface area (TPSA) is 95.1 Å². The molecule has 41 heavy (non-hydrogen) atoms. The van der Waals surface area contributed by atoms with Crippen molar-refractivity contribution in [2.75, 3.05) is 51.3 Å². The zero-order chi connectivity index (χ0) is 29.6. The smallest absolute Gasteiger partial charge is 0.251 e. The molecule has 3 aliphatic rings. The highest BCUT2D eigenvalue weighted by molar-refractivity contribution is 7.14. The monoisotopic (exact) mass is 609 g/mol. The minimum Gasteiger partial charge on any atom is -0.366 e. The molecule has 5 rings (SSSR count). The standard InChI is InChI=1S/C28H34ClF2N5O4S/c1-15-11-16(5-6-17(15)21-24(30)41-27(33-21)35-9-7-34(4)8-10-35)25(38)32-19(12-28(2,3)31)26(39)36-13-18(29)23-22(36)20(37)14-40-23/h5-6,11,18-19,22-23H,7-10,12-14H2,1-4H3,(H,32,38). The number of alkyl halides is 2. The van der Waals surface area contributed by atoms with Crippen molar-refractivity contribution in [1.29, 1.82) is 0 Å². The zero-order valence-corrected chi connectivity index (χ0v) is 25.0. The molecular weight excluding hydrogens is 576 g/mol. The number of halogens is 3. The Labute approximate surface area is 246 Å². The first-order valence-electron chi connectivity index (χ1n) is 13.6. The number of benzene rings is 1. The van der Waals surface area contributed by atoms with Gasteiger partial charge in [-0.3, -0.25) is 14.4 Å². The van der Waals surface area contributed by atoms with Gasteiger partial charge >= 0.3 is 0 Å². The summed E-state index contributed by atoms with van der Waals surface area (Å²) in [6, 6.07) is 2.67. The fourth-order valence-corrected chi connectivity index (χ4v) is 6.83. The van der Waals surface area contributed by atoms with Crippen LogP contribution in [0, 0.1) is 12.1 Å². The third-order valence-electron chi connectivity index (χ3n) is 7.79. The van der Waals surface area contributed by atoms with Crippen molar-refractivity contribution in [1.82, 2.24) is 20.1 Å². The van der Waals surface area contributed by atoms with Gasteiger partial charge in [0, 0.05) is 50.3 Å². The van der Waals surface area contributed by atoms with Crippen molar-refractivity contribution in [3.8, 4) is 11.3 Å². The Morgan fingerprint density at radius 3 is 2.63 bits per heavy atom. The van der Waals surface area contributed by atoms with Crippen molar-refractivity contribution in [3.63, 3.8) is 0 Å².